The van der Waals surface area contributed by atoms with E-state index >= 15 is 0 Å². The van der Waals surface area contributed by atoms with E-state index in [4.69, 9.17) is 9.47 Å². The van der Waals surface area contributed by atoms with Crippen LogP contribution in [0.25, 0.3) is 0 Å². The van der Waals surface area contributed by atoms with E-state index in [-0.39, 0.29) is 6.10 Å². The highest BCUT2D eigenvalue weighted by atomic mass is 16.5. The molecule has 0 saturated carbocycles. The quantitative estimate of drug-likeness (QED) is 0.907. The third-order valence-electron chi connectivity index (χ3n) is 5.25. The number of hydrogen-bond acceptors (Lipinski definition) is 6. The standard InChI is InChI=1S/C20H25N3O3/c1-25-18-4-2-3-15-9-14(12-26-20(15)18)10-16-11-19(22-13-21-16)23-7-5-17(24)6-8-23/h2-4,11,13-14,17,24H,5-10,12H2,1H3. The molecule has 0 aliphatic carbocycles. The highest BCUT2D eigenvalue weighted by molar-refractivity contribution is 5.48. The zero-order valence-corrected chi connectivity index (χ0v) is 15.1. The third kappa shape index (κ3) is 3.60. The maximum absolute atomic E-state index is 9.68. The number of rotatable bonds is 4. The summed E-state index contributed by atoms with van der Waals surface area (Å²) >= 11 is 0. The van der Waals surface area contributed by atoms with Crippen LogP contribution in [0.1, 0.15) is 24.1 Å². The van der Waals surface area contributed by atoms with Crippen molar-refractivity contribution in [3.63, 3.8) is 0 Å². The van der Waals surface area contributed by atoms with Gasteiger partial charge in [0.05, 0.1) is 19.8 Å². The van der Waals surface area contributed by atoms with Crippen molar-refractivity contribution in [1.82, 2.24) is 9.97 Å². The van der Waals surface area contributed by atoms with Gasteiger partial charge in [-0.2, -0.15) is 0 Å². The van der Waals surface area contributed by atoms with E-state index in [0.717, 1.165) is 61.8 Å². The molecule has 1 aromatic heterocycles. The second-order valence-electron chi connectivity index (χ2n) is 7.12. The van der Waals surface area contributed by atoms with Gasteiger partial charge in [-0.05, 0) is 37.3 Å². The second-order valence-corrected chi connectivity index (χ2v) is 7.12. The number of aromatic nitrogens is 2. The molecule has 1 aromatic carbocycles. The van der Waals surface area contributed by atoms with Crippen molar-refractivity contribution in [1.29, 1.82) is 0 Å². The summed E-state index contributed by atoms with van der Waals surface area (Å²) in [6.45, 7) is 2.36. The number of aliphatic hydroxyl groups excluding tert-OH is 1. The number of hydrogen-bond donors (Lipinski definition) is 1. The van der Waals surface area contributed by atoms with Gasteiger partial charge in [0.25, 0.3) is 0 Å². The van der Waals surface area contributed by atoms with Crippen LogP contribution < -0.4 is 14.4 Å². The van der Waals surface area contributed by atoms with Crippen LogP contribution in [0.3, 0.4) is 0 Å². The van der Waals surface area contributed by atoms with Crippen LogP contribution in [-0.2, 0) is 12.8 Å². The van der Waals surface area contributed by atoms with Crippen molar-refractivity contribution < 1.29 is 14.6 Å². The summed E-state index contributed by atoms with van der Waals surface area (Å²) in [4.78, 5) is 11.1. The fourth-order valence-corrected chi connectivity index (χ4v) is 3.81. The molecular formula is C20H25N3O3. The predicted octanol–water partition coefficient (Wildman–Crippen LogP) is 2.24. The van der Waals surface area contributed by atoms with Crippen molar-refractivity contribution >= 4 is 5.82 Å². The van der Waals surface area contributed by atoms with Crippen molar-refractivity contribution in [2.75, 3.05) is 31.7 Å². The van der Waals surface area contributed by atoms with Gasteiger partial charge in [-0.3, -0.25) is 0 Å². The van der Waals surface area contributed by atoms with Gasteiger partial charge < -0.3 is 19.5 Å². The first-order valence-electron chi connectivity index (χ1n) is 9.25. The minimum atomic E-state index is -0.177. The Kier molecular flexibility index (Phi) is 4.93. The largest absolute Gasteiger partial charge is 0.493 e. The molecule has 1 fully saturated rings. The number of nitrogens with zero attached hydrogens (tertiary/aromatic N) is 3. The number of piperidine rings is 1. The lowest BCUT2D eigenvalue weighted by molar-refractivity contribution is 0.145. The fraction of sp³-hybridized carbons (Fsp3) is 0.500. The average molecular weight is 355 g/mol. The Morgan fingerprint density at radius 3 is 2.92 bits per heavy atom. The Bertz CT molecular complexity index is 760. The van der Waals surface area contributed by atoms with Crippen LogP contribution in [0.15, 0.2) is 30.6 Å². The van der Waals surface area contributed by atoms with Gasteiger partial charge in [-0.25, -0.2) is 9.97 Å². The maximum Gasteiger partial charge on any atom is 0.164 e. The summed E-state index contributed by atoms with van der Waals surface area (Å²) in [5.74, 6) is 3.03. The topological polar surface area (TPSA) is 67.7 Å². The summed E-state index contributed by atoms with van der Waals surface area (Å²) < 4.78 is 11.4. The summed E-state index contributed by atoms with van der Waals surface area (Å²) in [6.07, 6.45) is 4.90. The number of ether oxygens (including phenoxy) is 2. The maximum atomic E-state index is 9.68. The van der Waals surface area contributed by atoms with Crippen LogP contribution in [0.4, 0.5) is 5.82 Å². The summed E-state index contributed by atoms with van der Waals surface area (Å²) in [5, 5.41) is 9.68. The Balaban J connectivity index is 1.44. The number of para-hydroxylation sites is 1. The molecule has 0 spiro atoms. The molecule has 2 aliphatic rings. The van der Waals surface area contributed by atoms with Crippen LogP contribution in [-0.4, -0.2) is 48.0 Å². The Morgan fingerprint density at radius 2 is 2.12 bits per heavy atom. The molecule has 1 unspecified atom stereocenters. The summed E-state index contributed by atoms with van der Waals surface area (Å²) in [5.41, 5.74) is 2.24. The molecule has 6 nitrogen and oxygen atoms in total. The molecule has 2 aliphatic heterocycles. The Hall–Kier alpha value is -2.34. The predicted molar refractivity (Wildman–Crippen MR) is 98.9 cm³/mol. The number of methoxy groups -OCH3 is 1. The normalized spacial score (nSPS) is 20.4. The molecule has 1 atom stereocenters. The van der Waals surface area contributed by atoms with Gasteiger partial charge in [-0.1, -0.05) is 12.1 Å². The molecule has 26 heavy (non-hydrogen) atoms. The minimum Gasteiger partial charge on any atom is -0.493 e. The molecular weight excluding hydrogens is 330 g/mol. The zero-order chi connectivity index (χ0) is 17.9. The second kappa shape index (κ2) is 7.50. The highest BCUT2D eigenvalue weighted by Crippen LogP contribution is 2.36. The molecule has 0 bridgehead atoms. The number of anilines is 1. The van der Waals surface area contributed by atoms with Crippen LogP contribution in [0, 0.1) is 5.92 Å². The van der Waals surface area contributed by atoms with Crippen LogP contribution in [0.2, 0.25) is 0 Å². The molecule has 0 amide bonds. The molecule has 0 radical (unpaired) electrons. The SMILES string of the molecule is COc1cccc2c1OCC(Cc1cc(N3CCC(O)CC3)ncn1)C2. The minimum absolute atomic E-state index is 0.177. The van der Waals surface area contributed by atoms with Crippen molar-refractivity contribution in [3.8, 4) is 11.5 Å². The lowest BCUT2D eigenvalue weighted by atomic mass is 9.92. The van der Waals surface area contributed by atoms with Crippen LogP contribution in [0.5, 0.6) is 11.5 Å². The van der Waals surface area contributed by atoms with Crippen molar-refractivity contribution in [2.24, 2.45) is 5.92 Å². The average Bonchev–Trinajstić information content (AvgIpc) is 2.68. The first-order chi connectivity index (χ1) is 12.7. The Morgan fingerprint density at radius 1 is 1.27 bits per heavy atom. The van der Waals surface area contributed by atoms with E-state index in [1.165, 1.54) is 5.56 Å². The number of benzene rings is 1. The van der Waals surface area contributed by atoms with Crippen molar-refractivity contribution in [2.45, 2.75) is 31.8 Å². The molecule has 3 heterocycles. The fourth-order valence-electron chi connectivity index (χ4n) is 3.81. The molecule has 4 rings (SSSR count). The molecule has 6 heteroatoms. The van der Waals surface area contributed by atoms with E-state index in [2.05, 4.69) is 27.0 Å². The van der Waals surface area contributed by atoms with E-state index in [1.54, 1.807) is 13.4 Å². The van der Waals surface area contributed by atoms with Gasteiger partial charge >= 0.3 is 0 Å². The zero-order valence-electron chi connectivity index (χ0n) is 15.1. The van der Waals surface area contributed by atoms with Gasteiger partial charge in [0, 0.05) is 30.8 Å². The molecule has 138 valence electrons. The monoisotopic (exact) mass is 355 g/mol. The first-order valence-corrected chi connectivity index (χ1v) is 9.25. The van der Waals surface area contributed by atoms with Crippen LogP contribution >= 0.6 is 0 Å². The van der Waals surface area contributed by atoms with E-state index in [0.29, 0.717) is 12.5 Å². The van der Waals surface area contributed by atoms with Gasteiger partial charge in [0.1, 0.15) is 12.1 Å². The molecule has 2 aromatic rings. The van der Waals surface area contributed by atoms with E-state index in [9.17, 15) is 5.11 Å². The smallest absolute Gasteiger partial charge is 0.164 e. The van der Waals surface area contributed by atoms with E-state index < -0.39 is 0 Å². The Labute approximate surface area is 153 Å². The number of fused-ring (bicyclic) bond motifs is 1. The van der Waals surface area contributed by atoms with Gasteiger partial charge in [-0.15, -0.1) is 0 Å². The lowest BCUT2D eigenvalue weighted by Gasteiger charge is -2.30. The van der Waals surface area contributed by atoms with Crippen molar-refractivity contribution in [3.05, 3.63) is 41.9 Å². The van der Waals surface area contributed by atoms with Gasteiger partial charge in [0.15, 0.2) is 11.5 Å². The summed E-state index contributed by atoms with van der Waals surface area (Å²) in [6, 6.07) is 8.13. The first kappa shape index (κ1) is 17.1. The molecule has 1 N–H and O–H groups in total. The highest BCUT2D eigenvalue weighted by Gasteiger charge is 2.24. The number of aliphatic hydroxyl groups is 1. The lowest BCUT2D eigenvalue weighted by Crippen LogP contribution is -2.36. The third-order valence-corrected chi connectivity index (χ3v) is 5.25. The van der Waals surface area contributed by atoms with E-state index in [1.807, 2.05) is 12.1 Å². The summed E-state index contributed by atoms with van der Waals surface area (Å²) in [7, 11) is 1.67. The molecule has 1 saturated heterocycles. The van der Waals surface area contributed by atoms with Gasteiger partial charge in [0.2, 0.25) is 0 Å².